The van der Waals surface area contributed by atoms with Crippen molar-refractivity contribution in [3.8, 4) is 11.1 Å². The van der Waals surface area contributed by atoms with Gasteiger partial charge >= 0.3 is 0 Å². The fraction of sp³-hybridized carbons (Fsp3) is 0.188. The molecule has 126 valence electrons. The summed E-state index contributed by atoms with van der Waals surface area (Å²) in [7, 11) is 4.11. The van der Waals surface area contributed by atoms with Crippen molar-refractivity contribution in [1.29, 1.82) is 0 Å². The molecule has 0 aliphatic carbocycles. The normalized spacial score (nSPS) is 9.52. The van der Waals surface area contributed by atoms with Gasteiger partial charge in [-0.15, -0.1) is 37.2 Å². The Bertz CT molecular complexity index is 739. The van der Waals surface area contributed by atoms with Crippen LogP contribution in [0.1, 0.15) is 5.56 Å². The fourth-order valence-electron chi connectivity index (χ4n) is 2.54. The Balaban J connectivity index is 0.00000161. The lowest BCUT2D eigenvalue weighted by atomic mass is 9.99. The van der Waals surface area contributed by atoms with Crippen molar-refractivity contribution >= 4 is 53.8 Å². The van der Waals surface area contributed by atoms with Crippen LogP contribution in [0.15, 0.2) is 42.6 Å². The highest BCUT2D eigenvalue weighted by Crippen LogP contribution is 2.35. The molecular weight excluding hydrogens is 355 g/mol. The number of aromatic amines is 1. The molecule has 3 aromatic rings. The summed E-state index contributed by atoms with van der Waals surface area (Å²) in [6, 6.07) is 12.6. The van der Waals surface area contributed by atoms with Crippen LogP contribution in [-0.4, -0.2) is 24.3 Å². The highest BCUT2D eigenvalue weighted by atomic mass is 35.5. The maximum atomic E-state index is 5.66. The van der Waals surface area contributed by atoms with E-state index >= 15 is 0 Å². The van der Waals surface area contributed by atoms with E-state index in [0.717, 1.165) is 16.5 Å². The molecule has 0 bridgehead atoms. The smallest absolute Gasteiger partial charge is 0.0671 e. The minimum Gasteiger partial charge on any atom is -0.377 e. The van der Waals surface area contributed by atoms with Gasteiger partial charge in [-0.1, -0.05) is 30.3 Å². The molecule has 3 rings (SSSR count). The topological polar surface area (TPSA) is 57.9 Å². The van der Waals surface area contributed by atoms with Gasteiger partial charge in [0.15, 0.2) is 0 Å². The van der Waals surface area contributed by atoms with Gasteiger partial charge in [-0.2, -0.15) is 5.10 Å². The first kappa shape index (κ1) is 21.5. The van der Waals surface area contributed by atoms with Gasteiger partial charge in [-0.3, -0.25) is 5.10 Å². The number of nitrogens with one attached hydrogen (secondary N) is 1. The summed E-state index contributed by atoms with van der Waals surface area (Å²) >= 11 is 0. The molecule has 1 heterocycles. The maximum Gasteiger partial charge on any atom is 0.0671 e. The lowest BCUT2D eigenvalue weighted by Crippen LogP contribution is -2.10. The number of halogens is 3. The Hall–Kier alpha value is -1.46. The first-order valence-electron chi connectivity index (χ1n) is 6.63. The number of aromatic nitrogens is 2. The van der Waals surface area contributed by atoms with Gasteiger partial charge in [0.25, 0.3) is 0 Å². The zero-order chi connectivity index (χ0) is 14.1. The number of hydrogen-bond donors (Lipinski definition) is 2. The Labute approximate surface area is 154 Å². The summed E-state index contributed by atoms with van der Waals surface area (Å²) < 4.78 is 0. The maximum absolute atomic E-state index is 5.66. The molecule has 0 aliphatic rings. The van der Waals surface area contributed by atoms with Crippen molar-refractivity contribution in [2.75, 3.05) is 19.0 Å². The summed E-state index contributed by atoms with van der Waals surface area (Å²) in [5.41, 5.74) is 11.4. The van der Waals surface area contributed by atoms with Crippen LogP contribution in [0.2, 0.25) is 0 Å². The van der Waals surface area contributed by atoms with Crippen LogP contribution in [0.5, 0.6) is 0 Å². The second-order valence-electron chi connectivity index (χ2n) is 5.09. The van der Waals surface area contributed by atoms with Crippen LogP contribution in [0.3, 0.4) is 0 Å². The molecule has 0 spiro atoms. The molecule has 0 saturated heterocycles. The molecule has 0 amide bonds. The zero-order valence-electron chi connectivity index (χ0n) is 12.9. The largest absolute Gasteiger partial charge is 0.377 e. The molecule has 0 unspecified atom stereocenters. The number of benzene rings is 2. The van der Waals surface area contributed by atoms with Crippen LogP contribution in [0, 0.1) is 0 Å². The molecule has 0 aliphatic heterocycles. The molecule has 0 atom stereocenters. The summed E-state index contributed by atoms with van der Waals surface area (Å²) in [6.07, 6.45) is 1.88. The number of hydrogen-bond acceptors (Lipinski definition) is 3. The van der Waals surface area contributed by atoms with Crippen molar-refractivity contribution in [2.24, 2.45) is 5.73 Å². The molecule has 0 radical (unpaired) electrons. The first-order valence-corrected chi connectivity index (χ1v) is 6.63. The van der Waals surface area contributed by atoms with Gasteiger partial charge < -0.3 is 10.6 Å². The van der Waals surface area contributed by atoms with E-state index in [4.69, 9.17) is 5.73 Å². The van der Waals surface area contributed by atoms with E-state index < -0.39 is 0 Å². The van der Waals surface area contributed by atoms with E-state index in [9.17, 15) is 0 Å². The number of rotatable bonds is 3. The first-order chi connectivity index (χ1) is 9.70. The molecule has 0 fully saturated rings. The van der Waals surface area contributed by atoms with Crippen LogP contribution >= 0.6 is 37.2 Å². The molecule has 23 heavy (non-hydrogen) atoms. The van der Waals surface area contributed by atoms with Gasteiger partial charge in [0.05, 0.1) is 17.4 Å². The minimum atomic E-state index is 0. The van der Waals surface area contributed by atoms with E-state index in [1.165, 1.54) is 16.8 Å². The average molecular weight is 376 g/mol. The predicted octanol–water partition coefficient (Wildman–Crippen LogP) is 4.02. The Morgan fingerprint density at radius 1 is 1.00 bits per heavy atom. The molecular formula is C16H21Cl3N4. The lowest BCUT2D eigenvalue weighted by Gasteiger charge is -2.19. The van der Waals surface area contributed by atoms with Gasteiger partial charge in [-0.05, 0) is 17.2 Å². The summed E-state index contributed by atoms with van der Waals surface area (Å²) in [4.78, 5) is 2.13. The van der Waals surface area contributed by atoms with Crippen LogP contribution < -0.4 is 10.6 Å². The van der Waals surface area contributed by atoms with Crippen molar-refractivity contribution in [3.05, 3.63) is 48.2 Å². The average Bonchev–Trinajstić information content (AvgIpc) is 2.94. The minimum absolute atomic E-state index is 0. The second kappa shape index (κ2) is 8.99. The molecule has 7 heteroatoms. The fourth-order valence-corrected chi connectivity index (χ4v) is 2.54. The number of anilines is 1. The number of fused-ring (bicyclic) bond motifs is 1. The number of nitrogens with zero attached hydrogens (tertiary/aromatic N) is 2. The number of H-pyrrole nitrogens is 1. The standard InChI is InChI=1S/C16H18N4.3ClH/c1-20(2)16-13(7-8-15-14(16)10-18-19-15)12-5-3-11(9-17)4-6-12;;;/h3-8,10H,9,17H2,1-2H3,(H,18,19);3*1H. The van der Waals surface area contributed by atoms with Crippen LogP contribution in [0.4, 0.5) is 5.69 Å². The van der Waals surface area contributed by atoms with E-state index in [2.05, 4.69) is 65.6 Å². The highest BCUT2D eigenvalue weighted by Gasteiger charge is 2.12. The molecule has 3 N–H and O–H groups in total. The van der Waals surface area contributed by atoms with Crippen molar-refractivity contribution < 1.29 is 0 Å². The van der Waals surface area contributed by atoms with Crippen LogP contribution in [0.25, 0.3) is 22.0 Å². The second-order valence-corrected chi connectivity index (χ2v) is 5.09. The summed E-state index contributed by atoms with van der Waals surface area (Å²) in [6.45, 7) is 0.571. The molecule has 4 nitrogen and oxygen atoms in total. The quantitative estimate of drug-likeness (QED) is 0.727. The SMILES string of the molecule is CN(C)c1c(-c2ccc(CN)cc2)ccc2[nH]ncc12.Cl.Cl.Cl. The van der Waals surface area contributed by atoms with Crippen LogP contribution in [-0.2, 0) is 6.54 Å². The summed E-state index contributed by atoms with van der Waals surface area (Å²) in [5.74, 6) is 0. The summed E-state index contributed by atoms with van der Waals surface area (Å²) in [5, 5.41) is 8.29. The predicted molar refractivity (Wildman–Crippen MR) is 105 cm³/mol. The lowest BCUT2D eigenvalue weighted by molar-refractivity contribution is 1.07. The molecule has 2 aromatic carbocycles. The van der Waals surface area contributed by atoms with Crippen molar-refractivity contribution in [3.63, 3.8) is 0 Å². The van der Waals surface area contributed by atoms with Gasteiger partial charge in [0.2, 0.25) is 0 Å². The van der Waals surface area contributed by atoms with Gasteiger partial charge in [-0.25, -0.2) is 0 Å². The van der Waals surface area contributed by atoms with E-state index in [0.29, 0.717) is 6.54 Å². The third-order valence-electron chi connectivity index (χ3n) is 3.54. The van der Waals surface area contributed by atoms with Gasteiger partial charge in [0.1, 0.15) is 0 Å². The molecule has 0 saturated carbocycles. The highest BCUT2D eigenvalue weighted by molar-refractivity contribution is 6.00. The van der Waals surface area contributed by atoms with E-state index in [-0.39, 0.29) is 37.2 Å². The molecule has 1 aromatic heterocycles. The van der Waals surface area contributed by atoms with Gasteiger partial charge in [0, 0.05) is 31.6 Å². The van der Waals surface area contributed by atoms with E-state index in [1.54, 1.807) is 0 Å². The van der Waals surface area contributed by atoms with E-state index in [1.807, 2.05) is 6.20 Å². The van der Waals surface area contributed by atoms with Crippen molar-refractivity contribution in [2.45, 2.75) is 6.54 Å². The van der Waals surface area contributed by atoms with Crippen molar-refractivity contribution in [1.82, 2.24) is 10.2 Å². The zero-order valence-corrected chi connectivity index (χ0v) is 15.4. The monoisotopic (exact) mass is 374 g/mol. The third kappa shape index (κ3) is 4.09. The third-order valence-corrected chi connectivity index (χ3v) is 3.54. The number of nitrogens with two attached hydrogens (primary N) is 1. The Morgan fingerprint density at radius 2 is 1.65 bits per heavy atom. The Kier molecular flexibility index (Phi) is 8.42. The Morgan fingerprint density at radius 3 is 2.22 bits per heavy atom.